The average molecular weight is 330 g/mol. The van der Waals surface area contributed by atoms with Gasteiger partial charge in [0.2, 0.25) is 6.79 Å². The highest BCUT2D eigenvalue weighted by Crippen LogP contribution is 2.34. The van der Waals surface area contributed by atoms with Crippen molar-refractivity contribution < 1.29 is 19.0 Å². The molecule has 1 saturated carbocycles. The Morgan fingerprint density at radius 3 is 2.88 bits per heavy atom. The predicted octanol–water partition coefficient (Wildman–Crippen LogP) is 2.43. The molecule has 6 nitrogen and oxygen atoms in total. The van der Waals surface area contributed by atoms with E-state index >= 15 is 0 Å². The van der Waals surface area contributed by atoms with Crippen LogP contribution in [0.4, 0.5) is 4.79 Å². The van der Waals surface area contributed by atoms with E-state index in [1.807, 2.05) is 12.1 Å². The van der Waals surface area contributed by atoms with Gasteiger partial charge in [-0.15, -0.1) is 0 Å². The number of hydrogen-bond acceptors (Lipinski definition) is 4. The van der Waals surface area contributed by atoms with Crippen LogP contribution in [0, 0.1) is 11.8 Å². The Labute approximate surface area is 141 Å². The Balaban J connectivity index is 1.32. The number of urea groups is 1. The van der Waals surface area contributed by atoms with Crippen LogP contribution < -0.4 is 24.8 Å². The van der Waals surface area contributed by atoms with Crippen molar-refractivity contribution in [2.75, 3.05) is 19.9 Å². The van der Waals surface area contributed by atoms with E-state index < -0.39 is 0 Å². The summed E-state index contributed by atoms with van der Waals surface area (Å²) in [5.41, 5.74) is 0. The second kappa shape index (κ2) is 8.34. The summed E-state index contributed by atoms with van der Waals surface area (Å²) < 4.78 is 16.0. The molecule has 128 valence electrons. The Bertz CT molecular complexity index is 630. The summed E-state index contributed by atoms with van der Waals surface area (Å²) >= 11 is 0. The van der Waals surface area contributed by atoms with Crippen LogP contribution in [-0.4, -0.2) is 32.0 Å². The Morgan fingerprint density at radius 2 is 2.00 bits per heavy atom. The van der Waals surface area contributed by atoms with Crippen molar-refractivity contribution in [3.05, 3.63) is 18.2 Å². The minimum atomic E-state index is -0.145. The van der Waals surface area contributed by atoms with E-state index in [2.05, 4.69) is 22.5 Å². The lowest BCUT2D eigenvalue weighted by Gasteiger charge is -2.22. The van der Waals surface area contributed by atoms with Crippen LogP contribution in [0.5, 0.6) is 17.2 Å². The van der Waals surface area contributed by atoms with Crippen molar-refractivity contribution in [2.24, 2.45) is 0 Å². The second-order valence-electron chi connectivity index (χ2n) is 5.82. The van der Waals surface area contributed by atoms with Crippen LogP contribution in [0.1, 0.15) is 32.1 Å². The number of fused-ring (bicyclic) bond motifs is 1. The fourth-order valence-corrected chi connectivity index (χ4v) is 2.81. The van der Waals surface area contributed by atoms with E-state index in [-0.39, 0.29) is 19.4 Å². The maximum atomic E-state index is 11.7. The number of nitrogens with one attached hydrogen (secondary N) is 2. The van der Waals surface area contributed by atoms with Crippen molar-refractivity contribution in [2.45, 2.75) is 38.1 Å². The van der Waals surface area contributed by atoms with Crippen molar-refractivity contribution >= 4 is 6.03 Å². The number of hydrogen-bond donors (Lipinski definition) is 2. The topological polar surface area (TPSA) is 68.8 Å². The third kappa shape index (κ3) is 4.72. The molecule has 1 heterocycles. The molecule has 0 atom stereocenters. The van der Waals surface area contributed by atoms with Crippen molar-refractivity contribution in [3.63, 3.8) is 0 Å². The van der Waals surface area contributed by atoms with Gasteiger partial charge < -0.3 is 24.8 Å². The molecule has 1 aromatic carbocycles. The average Bonchev–Trinajstić information content (AvgIpc) is 3.06. The molecular weight excluding hydrogens is 308 g/mol. The molecular formula is C18H22N2O4. The molecule has 0 aromatic heterocycles. The minimum Gasteiger partial charge on any atom is -0.481 e. The predicted molar refractivity (Wildman–Crippen MR) is 89.2 cm³/mol. The monoisotopic (exact) mass is 330 g/mol. The van der Waals surface area contributed by atoms with E-state index in [9.17, 15) is 4.79 Å². The van der Waals surface area contributed by atoms with Crippen molar-refractivity contribution in [3.8, 4) is 29.1 Å². The fraction of sp³-hybridized carbons (Fsp3) is 0.500. The highest BCUT2D eigenvalue weighted by Gasteiger charge is 2.15. The first-order valence-corrected chi connectivity index (χ1v) is 8.34. The minimum absolute atomic E-state index is 0.145. The smallest absolute Gasteiger partial charge is 0.315 e. The van der Waals surface area contributed by atoms with Crippen LogP contribution in [0.2, 0.25) is 0 Å². The van der Waals surface area contributed by atoms with Gasteiger partial charge in [-0.25, -0.2) is 4.79 Å². The van der Waals surface area contributed by atoms with Gasteiger partial charge in [0.15, 0.2) is 11.5 Å². The number of rotatable bonds is 4. The van der Waals surface area contributed by atoms with Gasteiger partial charge in [-0.1, -0.05) is 31.1 Å². The number of benzene rings is 1. The highest BCUT2D eigenvalue weighted by molar-refractivity contribution is 5.74. The molecule has 3 rings (SSSR count). The Morgan fingerprint density at radius 1 is 1.17 bits per heavy atom. The van der Waals surface area contributed by atoms with E-state index in [4.69, 9.17) is 14.2 Å². The second-order valence-corrected chi connectivity index (χ2v) is 5.82. The van der Waals surface area contributed by atoms with Gasteiger partial charge in [0.25, 0.3) is 0 Å². The van der Waals surface area contributed by atoms with Gasteiger partial charge >= 0.3 is 6.03 Å². The van der Waals surface area contributed by atoms with Crippen LogP contribution in [0.15, 0.2) is 18.2 Å². The number of ether oxygens (including phenoxy) is 3. The maximum Gasteiger partial charge on any atom is 0.315 e. The summed E-state index contributed by atoms with van der Waals surface area (Å²) in [6, 6.07) is 5.56. The fourth-order valence-electron chi connectivity index (χ4n) is 2.81. The molecule has 1 aliphatic heterocycles. The van der Waals surface area contributed by atoms with Crippen LogP contribution in [0.3, 0.4) is 0 Å². The number of carbonyl (C=O) groups excluding carboxylic acids is 1. The molecule has 0 bridgehead atoms. The van der Waals surface area contributed by atoms with Crippen LogP contribution in [0.25, 0.3) is 0 Å². The Hall–Kier alpha value is -2.55. The zero-order valence-corrected chi connectivity index (χ0v) is 13.6. The summed E-state index contributed by atoms with van der Waals surface area (Å²) in [6.45, 7) is 0.807. The molecule has 1 aliphatic carbocycles. The first kappa shape index (κ1) is 16.3. The summed E-state index contributed by atoms with van der Waals surface area (Å²) in [5, 5.41) is 5.73. The summed E-state index contributed by atoms with van der Waals surface area (Å²) in [4.78, 5) is 11.7. The molecule has 0 radical (unpaired) electrons. The molecule has 6 heteroatoms. The quantitative estimate of drug-likeness (QED) is 0.832. The third-order valence-electron chi connectivity index (χ3n) is 4.06. The highest BCUT2D eigenvalue weighted by atomic mass is 16.7. The molecule has 1 fully saturated rings. The number of carbonyl (C=O) groups is 1. The largest absolute Gasteiger partial charge is 0.481 e. The molecule has 24 heavy (non-hydrogen) atoms. The lowest BCUT2D eigenvalue weighted by Crippen LogP contribution is -2.42. The van der Waals surface area contributed by atoms with Crippen molar-refractivity contribution in [1.29, 1.82) is 0 Å². The third-order valence-corrected chi connectivity index (χ3v) is 4.06. The van der Waals surface area contributed by atoms with Crippen LogP contribution >= 0.6 is 0 Å². The zero-order chi connectivity index (χ0) is 16.6. The van der Waals surface area contributed by atoms with E-state index in [1.54, 1.807) is 6.07 Å². The van der Waals surface area contributed by atoms with Gasteiger partial charge in [0.1, 0.15) is 12.4 Å². The first-order valence-electron chi connectivity index (χ1n) is 8.34. The number of amides is 2. The van der Waals surface area contributed by atoms with E-state index in [0.29, 0.717) is 24.1 Å². The zero-order valence-electron chi connectivity index (χ0n) is 13.6. The van der Waals surface area contributed by atoms with Gasteiger partial charge in [-0.3, -0.25) is 0 Å². The Kier molecular flexibility index (Phi) is 5.67. The SMILES string of the molecule is O=C(NCC#CCOc1ccc2c(c1)OCO2)NC1CCCCC1. The molecule has 0 saturated heterocycles. The molecule has 1 aromatic rings. The van der Waals surface area contributed by atoms with Gasteiger partial charge in [-0.05, 0) is 25.0 Å². The molecule has 2 aliphatic rings. The summed E-state index contributed by atoms with van der Waals surface area (Å²) in [5.74, 6) is 7.83. The van der Waals surface area contributed by atoms with Gasteiger partial charge in [-0.2, -0.15) is 0 Å². The lowest BCUT2D eigenvalue weighted by atomic mass is 9.96. The van der Waals surface area contributed by atoms with E-state index in [0.717, 1.165) is 18.6 Å². The van der Waals surface area contributed by atoms with Crippen molar-refractivity contribution in [1.82, 2.24) is 10.6 Å². The van der Waals surface area contributed by atoms with Gasteiger partial charge in [0.05, 0.1) is 6.54 Å². The molecule has 2 N–H and O–H groups in total. The molecule has 0 unspecified atom stereocenters. The maximum absolute atomic E-state index is 11.7. The lowest BCUT2D eigenvalue weighted by molar-refractivity contribution is 0.174. The molecule has 2 amide bonds. The normalized spacial score (nSPS) is 16.0. The van der Waals surface area contributed by atoms with Gasteiger partial charge in [0, 0.05) is 12.1 Å². The molecule has 0 spiro atoms. The standard InChI is InChI=1S/C18H22N2O4/c21-18(20-14-6-2-1-3-7-14)19-10-4-5-11-22-15-8-9-16-17(12-15)24-13-23-16/h8-9,12,14H,1-3,6-7,10-11,13H2,(H2,19,20,21). The summed E-state index contributed by atoms with van der Waals surface area (Å²) in [7, 11) is 0. The van der Waals surface area contributed by atoms with E-state index in [1.165, 1.54) is 19.3 Å². The first-order chi connectivity index (χ1) is 11.8. The summed E-state index contributed by atoms with van der Waals surface area (Å²) in [6.07, 6.45) is 5.81. The van der Waals surface area contributed by atoms with Crippen LogP contribution in [-0.2, 0) is 0 Å².